The van der Waals surface area contributed by atoms with Crippen LogP contribution in [0.15, 0.2) is 48.5 Å². The molecule has 4 heteroatoms. The Morgan fingerprint density at radius 3 is 2.50 bits per heavy atom. The topological polar surface area (TPSA) is 39.2 Å². The average Bonchev–Trinajstić information content (AvgIpc) is 2.92. The van der Waals surface area contributed by atoms with Crippen LogP contribution >= 0.6 is 0 Å². The fraction of sp³-hybridized carbons (Fsp3) is 0.308. The van der Waals surface area contributed by atoms with Crippen molar-refractivity contribution in [3.8, 4) is 22.3 Å². The highest BCUT2D eigenvalue weighted by Crippen LogP contribution is 2.43. The molecule has 0 saturated carbocycles. The van der Waals surface area contributed by atoms with Gasteiger partial charge in [0.1, 0.15) is 5.82 Å². The van der Waals surface area contributed by atoms with Crippen LogP contribution in [0, 0.1) is 5.82 Å². The summed E-state index contributed by atoms with van der Waals surface area (Å²) in [6.07, 6.45) is 2.79. The van der Waals surface area contributed by atoms with E-state index in [1.165, 1.54) is 17.7 Å². The van der Waals surface area contributed by atoms with Gasteiger partial charge in [0, 0.05) is 16.8 Å². The summed E-state index contributed by atoms with van der Waals surface area (Å²) in [5.41, 5.74) is 7.15. The third-order valence-electron chi connectivity index (χ3n) is 5.61. The normalized spacial score (nSPS) is 12.8. The summed E-state index contributed by atoms with van der Waals surface area (Å²) in [6, 6.07) is 14.7. The first kappa shape index (κ1) is 20.3. The molecule has 0 radical (unpaired) electrons. The largest absolute Gasteiger partial charge is 0.462 e. The minimum atomic E-state index is -0.377. The Kier molecular flexibility index (Phi) is 5.67. The molecule has 0 spiro atoms. The molecule has 4 rings (SSSR count). The Bertz CT molecular complexity index is 1090. The summed E-state index contributed by atoms with van der Waals surface area (Å²) >= 11 is 0. The minimum absolute atomic E-state index is 0.0485. The SMILES string of the molecule is CCOC(=O)c1c(C(C)C)nc2c(c1-c1ccc(F)cc1)-c1ccccc1CCC2. The molecular weight excluding hydrogens is 377 g/mol. The number of aryl methyl sites for hydroxylation is 2. The fourth-order valence-electron chi connectivity index (χ4n) is 4.29. The van der Waals surface area contributed by atoms with E-state index in [0.717, 1.165) is 52.9 Å². The van der Waals surface area contributed by atoms with Gasteiger partial charge in [-0.2, -0.15) is 0 Å². The third kappa shape index (κ3) is 3.62. The number of esters is 1. The number of nitrogens with zero attached hydrogens (tertiary/aromatic N) is 1. The molecule has 0 fully saturated rings. The van der Waals surface area contributed by atoms with Gasteiger partial charge in [-0.1, -0.05) is 50.2 Å². The van der Waals surface area contributed by atoms with Gasteiger partial charge in [-0.25, -0.2) is 9.18 Å². The number of halogens is 1. The van der Waals surface area contributed by atoms with Crippen molar-refractivity contribution in [3.05, 3.63) is 76.9 Å². The number of ether oxygens (including phenoxy) is 1. The van der Waals surface area contributed by atoms with Crippen LogP contribution in [0.1, 0.15) is 60.4 Å². The van der Waals surface area contributed by atoms with Crippen LogP contribution < -0.4 is 0 Å². The summed E-state index contributed by atoms with van der Waals surface area (Å²) in [4.78, 5) is 18.2. The van der Waals surface area contributed by atoms with Gasteiger partial charge in [-0.05, 0) is 60.9 Å². The summed E-state index contributed by atoms with van der Waals surface area (Å²) in [7, 11) is 0. The Balaban J connectivity index is 2.14. The number of pyridine rings is 1. The van der Waals surface area contributed by atoms with Crippen LogP contribution in [0.3, 0.4) is 0 Å². The summed E-state index contributed by atoms with van der Waals surface area (Å²) < 4.78 is 19.2. The lowest BCUT2D eigenvalue weighted by molar-refractivity contribution is 0.0525. The number of carbonyl (C=O) groups is 1. The summed E-state index contributed by atoms with van der Waals surface area (Å²) in [5.74, 6) is -0.633. The van der Waals surface area contributed by atoms with Gasteiger partial charge in [-0.15, -0.1) is 0 Å². The Hall–Kier alpha value is -3.01. The van der Waals surface area contributed by atoms with E-state index in [-0.39, 0.29) is 24.3 Å². The maximum absolute atomic E-state index is 13.7. The summed E-state index contributed by atoms with van der Waals surface area (Å²) in [6.45, 7) is 6.16. The Morgan fingerprint density at radius 1 is 1.07 bits per heavy atom. The molecule has 2 aromatic carbocycles. The van der Waals surface area contributed by atoms with E-state index < -0.39 is 0 Å². The van der Waals surface area contributed by atoms with Crippen LogP contribution in [-0.4, -0.2) is 17.6 Å². The van der Waals surface area contributed by atoms with Gasteiger partial charge in [0.2, 0.25) is 0 Å². The van der Waals surface area contributed by atoms with E-state index >= 15 is 0 Å². The maximum Gasteiger partial charge on any atom is 0.340 e. The Morgan fingerprint density at radius 2 is 1.80 bits per heavy atom. The van der Waals surface area contributed by atoms with Crippen LogP contribution in [0.5, 0.6) is 0 Å². The zero-order chi connectivity index (χ0) is 21.3. The molecule has 1 aliphatic rings. The molecule has 1 heterocycles. The number of hydrogen-bond acceptors (Lipinski definition) is 3. The number of hydrogen-bond donors (Lipinski definition) is 0. The highest BCUT2D eigenvalue weighted by molar-refractivity contribution is 6.04. The molecule has 154 valence electrons. The fourth-order valence-corrected chi connectivity index (χ4v) is 4.29. The van der Waals surface area contributed by atoms with E-state index in [9.17, 15) is 9.18 Å². The third-order valence-corrected chi connectivity index (χ3v) is 5.61. The zero-order valence-corrected chi connectivity index (χ0v) is 17.7. The van der Waals surface area contributed by atoms with Crippen molar-refractivity contribution < 1.29 is 13.9 Å². The molecule has 1 aliphatic carbocycles. The van der Waals surface area contributed by atoms with E-state index in [0.29, 0.717) is 5.56 Å². The second-order valence-electron chi connectivity index (χ2n) is 7.96. The highest BCUT2D eigenvalue weighted by atomic mass is 19.1. The van der Waals surface area contributed by atoms with Crippen molar-refractivity contribution in [1.82, 2.24) is 4.98 Å². The monoisotopic (exact) mass is 403 g/mol. The zero-order valence-electron chi connectivity index (χ0n) is 17.7. The molecular formula is C26H26FNO2. The van der Waals surface area contributed by atoms with E-state index in [1.54, 1.807) is 19.1 Å². The number of aromatic nitrogens is 1. The quantitative estimate of drug-likeness (QED) is 0.477. The molecule has 3 nitrogen and oxygen atoms in total. The molecule has 0 amide bonds. The number of carbonyl (C=O) groups excluding carboxylic acids is 1. The number of rotatable bonds is 4. The van der Waals surface area contributed by atoms with Crippen molar-refractivity contribution in [2.24, 2.45) is 0 Å². The molecule has 0 aliphatic heterocycles. The first-order valence-electron chi connectivity index (χ1n) is 10.6. The van der Waals surface area contributed by atoms with Crippen LogP contribution in [-0.2, 0) is 17.6 Å². The van der Waals surface area contributed by atoms with E-state index in [2.05, 4.69) is 12.1 Å². The first-order chi connectivity index (χ1) is 14.5. The van der Waals surface area contributed by atoms with Gasteiger partial charge in [0.05, 0.1) is 17.9 Å². The van der Waals surface area contributed by atoms with Gasteiger partial charge < -0.3 is 4.74 Å². The van der Waals surface area contributed by atoms with Gasteiger partial charge in [-0.3, -0.25) is 4.98 Å². The lowest BCUT2D eigenvalue weighted by Crippen LogP contribution is -2.15. The molecule has 0 N–H and O–H groups in total. The lowest BCUT2D eigenvalue weighted by atomic mass is 9.85. The number of fused-ring (bicyclic) bond motifs is 3. The van der Waals surface area contributed by atoms with Crippen LogP contribution in [0.2, 0.25) is 0 Å². The molecule has 1 aromatic heterocycles. The van der Waals surface area contributed by atoms with Crippen molar-refractivity contribution in [1.29, 1.82) is 0 Å². The number of benzene rings is 2. The minimum Gasteiger partial charge on any atom is -0.462 e. The van der Waals surface area contributed by atoms with Crippen LogP contribution in [0.4, 0.5) is 4.39 Å². The molecule has 0 bridgehead atoms. The highest BCUT2D eigenvalue weighted by Gasteiger charge is 2.29. The van der Waals surface area contributed by atoms with E-state index in [4.69, 9.17) is 9.72 Å². The van der Waals surface area contributed by atoms with Crippen molar-refractivity contribution in [2.75, 3.05) is 6.61 Å². The van der Waals surface area contributed by atoms with Crippen molar-refractivity contribution in [2.45, 2.75) is 46.0 Å². The average molecular weight is 403 g/mol. The van der Waals surface area contributed by atoms with E-state index in [1.807, 2.05) is 26.0 Å². The lowest BCUT2D eigenvalue weighted by Gasteiger charge is -2.22. The second kappa shape index (κ2) is 8.39. The molecule has 0 atom stereocenters. The second-order valence-corrected chi connectivity index (χ2v) is 7.96. The van der Waals surface area contributed by atoms with Gasteiger partial charge in [0.15, 0.2) is 0 Å². The van der Waals surface area contributed by atoms with Gasteiger partial charge in [0.25, 0.3) is 0 Å². The van der Waals surface area contributed by atoms with Crippen molar-refractivity contribution in [3.63, 3.8) is 0 Å². The standard InChI is InChI=1S/C26H26FNO2/c1-4-30-26(29)24-22(18-12-14-19(27)15-13-18)23-20-10-6-5-8-17(20)9-7-11-21(23)28-25(24)16(2)3/h5-6,8,10,12-16H,4,7,9,11H2,1-3H3. The molecule has 0 saturated heterocycles. The predicted molar refractivity (Wildman–Crippen MR) is 117 cm³/mol. The first-order valence-corrected chi connectivity index (χ1v) is 10.6. The molecule has 0 unspecified atom stereocenters. The van der Waals surface area contributed by atoms with Gasteiger partial charge >= 0.3 is 5.97 Å². The maximum atomic E-state index is 13.7. The predicted octanol–water partition coefficient (Wildman–Crippen LogP) is 6.34. The summed E-state index contributed by atoms with van der Waals surface area (Å²) in [5, 5.41) is 0. The molecule has 3 aromatic rings. The Labute approximate surface area is 176 Å². The smallest absolute Gasteiger partial charge is 0.340 e. The molecule has 30 heavy (non-hydrogen) atoms. The van der Waals surface area contributed by atoms with Crippen LogP contribution in [0.25, 0.3) is 22.3 Å². The van der Waals surface area contributed by atoms with Crippen molar-refractivity contribution >= 4 is 5.97 Å².